The first-order valence-corrected chi connectivity index (χ1v) is 7.53. The highest BCUT2D eigenvalue weighted by Crippen LogP contribution is 2.34. The molecule has 1 aliphatic rings. The molecule has 1 N–H and O–H groups in total. The van der Waals surface area contributed by atoms with Gasteiger partial charge in [0.2, 0.25) is 0 Å². The number of hydrogen-bond acceptors (Lipinski definition) is 2. The lowest BCUT2D eigenvalue weighted by atomic mass is 10.1. The molecule has 24 heavy (non-hydrogen) atoms. The number of hydrogen-bond donors (Lipinski definition) is 1. The maximum absolute atomic E-state index is 13.2. The lowest BCUT2D eigenvalue weighted by Crippen LogP contribution is -2.29. The van der Waals surface area contributed by atoms with Gasteiger partial charge >= 0.3 is 6.18 Å². The Morgan fingerprint density at radius 3 is 2.83 bits per heavy atom. The molecule has 2 aromatic rings. The molecular weight excluding hydrogens is 326 g/mol. The minimum Gasteiger partial charge on any atom is -0.345 e. The van der Waals surface area contributed by atoms with Crippen LogP contribution in [0.2, 0.25) is 0 Å². The van der Waals surface area contributed by atoms with E-state index in [0.717, 1.165) is 22.0 Å². The third kappa shape index (κ3) is 2.88. The molecule has 1 amide bonds. The summed E-state index contributed by atoms with van der Waals surface area (Å²) in [6, 6.07) is 3.79. The number of nitrogens with zero attached hydrogens (tertiary/aromatic N) is 2. The molecule has 0 saturated carbocycles. The minimum absolute atomic E-state index is 0.00760. The van der Waals surface area contributed by atoms with E-state index >= 15 is 0 Å². The van der Waals surface area contributed by atoms with Crippen LogP contribution in [0.3, 0.4) is 0 Å². The zero-order valence-electron chi connectivity index (χ0n) is 12.8. The number of aryl methyl sites for hydroxylation is 2. The van der Waals surface area contributed by atoms with E-state index < -0.39 is 29.4 Å². The first kappa shape index (κ1) is 16.5. The molecule has 0 radical (unpaired) electrons. The predicted octanol–water partition coefficient (Wildman–Crippen LogP) is 3.48. The number of fused-ring (bicyclic) bond motifs is 1. The van der Waals surface area contributed by atoms with Crippen LogP contribution < -0.4 is 5.32 Å². The average molecular weight is 341 g/mol. The SMILES string of the molecule is CCn1ncc(C(=O)N[C@@H]2CCc3cc(F)ccc32)c1C(F)(F)F. The molecule has 0 aliphatic heterocycles. The fourth-order valence-electron chi connectivity index (χ4n) is 3.06. The average Bonchev–Trinajstić information content (AvgIpc) is 3.10. The van der Waals surface area contributed by atoms with Crippen molar-refractivity contribution in [1.82, 2.24) is 15.1 Å². The third-order valence-electron chi connectivity index (χ3n) is 4.14. The summed E-state index contributed by atoms with van der Waals surface area (Å²) >= 11 is 0. The molecule has 0 saturated heterocycles. The Labute approximate surface area is 135 Å². The van der Waals surface area contributed by atoms with Crippen molar-refractivity contribution < 1.29 is 22.4 Å². The predicted molar refractivity (Wildman–Crippen MR) is 77.8 cm³/mol. The van der Waals surface area contributed by atoms with Crippen molar-refractivity contribution in [2.45, 2.75) is 38.5 Å². The number of benzene rings is 1. The molecule has 128 valence electrons. The lowest BCUT2D eigenvalue weighted by molar-refractivity contribution is -0.144. The first-order valence-electron chi connectivity index (χ1n) is 7.53. The van der Waals surface area contributed by atoms with Crippen molar-refractivity contribution in [3.63, 3.8) is 0 Å². The quantitative estimate of drug-likeness (QED) is 0.869. The van der Waals surface area contributed by atoms with Gasteiger partial charge in [0, 0.05) is 6.54 Å². The van der Waals surface area contributed by atoms with Crippen LogP contribution in [0.25, 0.3) is 0 Å². The van der Waals surface area contributed by atoms with Crippen LogP contribution >= 0.6 is 0 Å². The van der Waals surface area contributed by atoms with Gasteiger partial charge < -0.3 is 5.32 Å². The van der Waals surface area contributed by atoms with Crippen molar-refractivity contribution in [2.24, 2.45) is 0 Å². The standard InChI is InChI=1S/C16H15F4N3O/c1-2-23-14(16(18,19)20)12(8-21-23)15(24)22-13-6-3-9-7-10(17)4-5-11(9)13/h4-5,7-8,13H,2-3,6H2,1H3,(H,22,24)/t13-/m1/s1. The van der Waals surface area contributed by atoms with Gasteiger partial charge in [-0.15, -0.1) is 0 Å². The van der Waals surface area contributed by atoms with Crippen LogP contribution in [0.5, 0.6) is 0 Å². The van der Waals surface area contributed by atoms with Crippen molar-refractivity contribution in [2.75, 3.05) is 0 Å². The Hall–Kier alpha value is -2.38. The van der Waals surface area contributed by atoms with Gasteiger partial charge in [-0.3, -0.25) is 9.48 Å². The van der Waals surface area contributed by atoms with E-state index in [4.69, 9.17) is 0 Å². The maximum Gasteiger partial charge on any atom is 0.433 e. The van der Waals surface area contributed by atoms with Gasteiger partial charge in [-0.05, 0) is 43.0 Å². The van der Waals surface area contributed by atoms with Gasteiger partial charge in [-0.2, -0.15) is 18.3 Å². The smallest absolute Gasteiger partial charge is 0.345 e. The topological polar surface area (TPSA) is 46.9 Å². The van der Waals surface area contributed by atoms with E-state index in [1.807, 2.05) is 0 Å². The summed E-state index contributed by atoms with van der Waals surface area (Å²) in [6.45, 7) is 1.53. The van der Waals surface area contributed by atoms with Crippen molar-refractivity contribution in [3.05, 3.63) is 52.6 Å². The Morgan fingerprint density at radius 2 is 2.17 bits per heavy atom. The molecule has 1 aromatic heterocycles. The van der Waals surface area contributed by atoms with Gasteiger partial charge in [0.1, 0.15) is 5.82 Å². The largest absolute Gasteiger partial charge is 0.433 e. The summed E-state index contributed by atoms with van der Waals surface area (Å²) in [5, 5.41) is 6.24. The number of alkyl halides is 3. The number of carbonyl (C=O) groups is 1. The molecule has 1 heterocycles. The number of aromatic nitrogens is 2. The molecule has 1 aromatic carbocycles. The fraction of sp³-hybridized carbons (Fsp3) is 0.375. The molecule has 8 heteroatoms. The molecule has 1 atom stereocenters. The molecule has 0 unspecified atom stereocenters. The van der Waals surface area contributed by atoms with E-state index in [0.29, 0.717) is 12.8 Å². The second-order valence-electron chi connectivity index (χ2n) is 5.63. The molecule has 0 bridgehead atoms. The van der Waals surface area contributed by atoms with E-state index in [2.05, 4.69) is 10.4 Å². The van der Waals surface area contributed by atoms with E-state index in [9.17, 15) is 22.4 Å². The van der Waals surface area contributed by atoms with E-state index in [1.54, 1.807) is 6.07 Å². The number of halogens is 4. The van der Waals surface area contributed by atoms with Crippen LogP contribution in [0.4, 0.5) is 17.6 Å². The Bertz CT molecular complexity index is 782. The number of nitrogens with one attached hydrogen (secondary N) is 1. The normalized spacial score (nSPS) is 17.0. The molecular formula is C16H15F4N3O. The highest BCUT2D eigenvalue weighted by Gasteiger charge is 2.40. The third-order valence-corrected chi connectivity index (χ3v) is 4.14. The maximum atomic E-state index is 13.2. The molecule has 1 aliphatic carbocycles. The molecule has 3 rings (SSSR count). The molecule has 0 fully saturated rings. The molecule has 0 spiro atoms. The van der Waals surface area contributed by atoms with Gasteiger partial charge in [-0.1, -0.05) is 6.07 Å². The van der Waals surface area contributed by atoms with Crippen LogP contribution in [-0.2, 0) is 19.1 Å². The summed E-state index contributed by atoms with van der Waals surface area (Å²) in [5.41, 5.74) is -0.0541. The van der Waals surface area contributed by atoms with Crippen molar-refractivity contribution in [1.29, 1.82) is 0 Å². The van der Waals surface area contributed by atoms with Crippen LogP contribution in [0.15, 0.2) is 24.4 Å². The number of carbonyl (C=O) groups excluding carboxylic acids is 1. The van der Waals surface area contributed by atoms with Crippen molar-refractivity contribution in [3.8, 4) is 0 Å². The summed E-state index contributed by atoms with van der Waals surface area (Å²) in [5.74, 6) is -1.20. The lowest BCUT2D eigenvalue weighted by Gasteiger charge is -2.15. The Morgan fingerprint density at radius 1 is 1.42 bits per heavy atom. The van der Waals surface area contributed by atoms with E-state index in [-0.39, 0.29) is 12.4 Å². The summed E-state index contributed by atoms with van der Waals surface area (Å²) in [4.78, 5) is 12.3. The zero-order valence-corrected chi connectivity index (χ0v) is 12.8. The Balaban J connectivity index is 1.87. The summed E-state index contributed by atoms with van der Waals surface area (Å²) < 4.78 is 53.6. The zero-order chi connectivity index (χ0) is 17.5. The van der Waals surface area contributed by atoms with Gasteiger partial charge in [-0.25, -0.2) is 4.39 Å². The van der Waals surface area contributed by atoms with E-state index in [1.165, 1.54) is 19.1 Å². The van der Waals surface area contributed by atoms with Crippen molar-refractivity contribution >= 4 is 5.91 Å². The first-order chi connectivity index (χ1) is 11.3. The van der Waals surface area contributed by atoms with Crippen LogP contribution in [0.1, 0.15) is 46.6 Å². The van der Waals surface area contributed by atoms with Gasteiger partial charge in [0.25, 0.3) is 5.91 Å². The molecule has 4 nitrogen and oxygen atoms in total. The summed E-state index contributed by atoms with van der Waals surface area (Å²) in [7, 11) is 0. The highest BCUT2D eigenvalue weighted by atomic mass is 19.4. The van der Waals surface area contributed by atoms with Crippen LogP contribution in [0, 0.1) is 5.82 Å². The number of amides is 1. The van der Waals surface area contributed by atoms with Crippen LogP contribution in [-0.4, -0.2) is 15.7 Å². The van der Waals surface area contributed by atoms with Gasteiger partial charge in [0.05, 0.1) is 17.8 Å². The fourth-order valence-corrected chi connectivity index (χ4v) is 3.06. The highest BCUT2D eigenvalue weighted by molar-refractivity contribution is 5.95. The monoisotopic (exact) mass is 341 g/mol. The Kier molecular flexibility index (Phi) is 4.06. The minimum atomic E-state index is -4.67. The second kappa shape index (κ2) is 5.92. The van der Waals surface area contributed by atoms with Gasteiger partial charge in [0.15, 0.2) is 5.69 Å². The number of rotatable bonds is 3. The summed E-state index contributed by atoms with van der Waals surface area (Å²) in [6.07, 6.45) is -2.65. The second-order valence-corrected chi connectivity index (χ2v) is 5.63.